The summed E-state index contributed by atoms with van der Waals surface area (Å²) in [6, 6.07) is 1.89. The molecule has 1 aliphatic heterocycles. The summed E-state index contributed by atoms with van der Waals surface area (Å²) in [5, 5.41) is 6.65. The number of hydrogen-bond acceptors (Lipinski definition) is 4. The Morgan fingerprint density at radius 1 is 1.35 bits per heavy atom. The minimum absolute atomic E-state index is 0.726. The lowest BCUT2D eigenvalue weighted by Crippen LogP contribution is -2.02. The van der Waals surface area contributed by atoms with E-state index in [-0.39, 0.29) is 0 Å². The van der Waals surface area contributed by atoms with Crippen molar-refractivity contribution in [2.75, 3.05) is 5.32 Å². The number of nitrogens with zero attached hydrogens (tertiary/aromatic N) is 2. The number of fused-ring (bicyclic) bond motifs is 1. The maximum Gasteiger partial charge on any atom is 0.158 e. The zero-order valence-corrected chi connectivity index (χ0v) is 9.61. The molecule has 1 atom stereocenters. The lowest BCUT2D eigenvalue weighted by Gasteiger charge is -2.09. The van der Waals surface area contributed by atoms with Crippen LogP contribution in [0.15, 0.2) is 41.8 Å². The van der Waals surface area contributed by atoms with Gasteiger partial charge in [-0.1, -0.05) is 0 Å². The molecule has 0 radical (unpaired) electrons. The van der Waals surface area contributed by atoms with Crippen molar-refractivity contribution in [2.45, 2.75) is 0 Å². The smallest absolute Gasteiger partial charge is 0.158 e. The first-order chi connectivity index (χ1) is 8.33. The molecule has 3 rings (SSSR count). The van der Waals surface area contributed by atoms with E-state index in [9.17, 15) is 4.55 Å². The summed E-state index contributed by atoms with van der Waals surface area (Å²) >= 11 is 0. The Bertz CT molecular complexity index is 656. The quantitative estimate of drug-likeness (QED) is 0.711. The molecule has 1 unspecified atom stereocenters. The number of aromatic amines is 1. The van der Waals surface area contributed by atoms with Crippen LogP contribution in [0.25, 0.3) is 11.0 Å². The second-order valence-electron chi connectivity index (χ2n) is 3.49. The van der Waals surface area contributed by atoms with Crippen LogP contribution >= 0.6 is 10.8 Å². The zero-order chi connectivity index (χ0) is 11.7. The molecule has 5 nitrogen and oxygen atoms in total. The summed E-state index contributed by atoms with van der Waals surface area (Å²) in [6.07, 6.45) is 7.01. The summed E-state index contributed by atoms with van der Waals surface area (Å²) in [5.41, 5.74) is 2.63. The number of allylic oxidation sites excluding steroid dienone is 2. The van der Waals surface area contributed by atoms with E-state index in [2.05, 4.69) is 20.3 Å². The third kappa shape index (κ3) is 2.00. The van der Waals surface area contributed by atoms with Gasteiger partial charge in [0.2, 0.25) is 0 Å². The van der Waals surface area contributed by atoms with Crippen LogP contribution < -0.4 is 5.32 Å². The fourth-order valence-corrected chi connectivity index (χ4v) is 2.24. The Labute approximate surface area is 100 Å². The van der Waals surface area contributed by atoms with Crippen molar-refractivity contribution in [1.82, 2.24) is 15.0 Å². The molecule has 0 aliphatic carbocycles. The number of anilines is 1. The number of rotatable bonds is 2. The van der Waals surface area contributed by atoms with Crippen molar-refractivity contribution in [3.63, 3.8) is 0 Å². The maximum absolute atomic E-state index is 9.31. The molecule has 0 aromatic carbocycles. The SMILES string of the molecule is OS1=CC=C(Nc2ncnc3cc[nH]c23)C=C1. The molecule has 3 heterocycles. The van der Waals surface area contributed by atoms with Gasteiger partial charge in [-0.2, -0.15) is 0 Å². The van der Waals surface area contributed by atoms with Crippen LogP contribution in [-0.4, -0.2) is 24.9 Å². The van der Waals surface area contributed by atoms with E-state index in [1.807, 2.05) is 24.4 Å². The first kappa shape index (κ1) is 10.2. The summed E-state index contributed by atoms with van der Waals surface area (Å²) in [6.45, 7) is 0. The molecule has 0 amide bonds. The lowest BCUT2D eigenvalue weighted by molar-refractivity contribution is 0.668. The highest BCUT2D eigenvalue weighted by atomic mass is 32.2. The largest absolute Gasteiger partial charge is 0.357 e. The Morgan fingerprint density at radius 2 is 2.29 bits per heavy atom. The minimum atomic E-state index is -0.751. The molecule has 2 aromatic rings. The fraction of sp³-hybridized carbons (Fsp3) is 0. The van der Waals surface area contributed by atoms with Gasteiger partial charge in [0.25, 0.3) is 0 Å². The molecule has 1 aliphatic rings. The minimum Gasteiger partial charge on any atom is -0.357 e. The van der Waals surface area contributed by atoms with Gasteiger partial charge in [-0.25, -0.2) is 9.97 Å². The van der Waals surface area contributed by atoms with Gasteiger partial charge in [0, 0.05) is 11.9 Å². The van der Waals surface area contributed by atoms with Crippen molar-refractivity contribution in [3.05, 3.63) is 41.8 Å². The van der Waals surface area contributed by atoms with Crippen molar-refractivity contribution in [1.29, 1.82) is 0 Å². The average molecular weight is 246 g/mol. The van der Waals surface area contributed by atoms with E-state index in [1.54, 1.807) is 10.8 Å². The van der Waals surface area contributed by atoms with Crippen LogP contribution in [0.1, 0.15) is 0 Å². The fourth-order valence-electron chi connectivity index (χ4n) is 1.57. The molecule has 0 saturated carbocycles. The molecule has 0 saturated heterocycles. The van der Waals surface area contributed by atoms with Crippen LogP contribution in [0.2, 0.25) is 0 Å². The van der Waals surface area contributed by atoms with Crippen LogP contribution in [0.3, 0.4) is 0 Å². The molecule has 6 heteroatoms. The molecule has 17 heavy (non-hydrogen) atoms. The zero-order valence-electron chi connectivity index (χ0n) is 8.79. The second-order valence-corrected chi connectivity index (χ2v) is 4.73. The molecule has 0 bridgehead atoms. The number of H-pyrrole nitrogens is 1. The van der Waals surface area contributed by atoms with Crippen LogP contribution in [-0.2, 0) is 0 Å². The van der Waals surface area contributed by atoms with Gasteiger partial charge in [0.05, 0.1) is 5.52 Å². The third-order valence-electron chi connectivity index (χ3n) is 2.38. The maximum atomic E-state index is 9.31. The first-order valence-electron chi connectivity index (χ1n) is 5.02. The molecule has 0 spiro atoms. The van der Waals surface area contributed by atoms with Crippen LogP contribution in [0.5, 0.6) is 0 Å². The first-order valence-corrected chi connectivity index (χ1v) is 6.33. The van der Waals surface area contributed by atoms with Gasteiger partial charge in [0.15, 0.2) is 5.82 Å². The molecule has 86 valence electrons. The number of nitrogens with one attached hydrogen (secondary N) is 2. The van der Waals surface area contributed by atoms with Gasteiger partial charge in [-0.3, -0.25) is 0 Å². The van der Waals surface area contributed by atoms with Crippen molar-refractivity contribution >= 4 is 33.0 Å². The highest BCUT2D eigenvalue weighted by Gasteiger charge is 2.05. The summed E-state index contributed by atoms with van der Waals surface area (Å²) < 4.78 is 9.31. The van der Waals surface area contributed by atoms with Crippen LogP contribution in [0.4, 0.5) is 5.82 Å². The topological polar surface area (TPSA) is 73.8 Å². The highest BCUT2D eigenvalue weighted by Crippen LogP contribution is 2.20. The van der Waals surface area contributed by atoms with Gasteiger partial charge in [-0.15, -0.1) is 0 Å². The second kappa shape index (κ2) is 4.15. The Hall–Kier alpha value is -1.92. The van der Waals surface area contributed by atoms with Gasteiger partial charge in [-0.05, 0) is 39.8 Å². The standard InChI is InChI=1S/C11H10N4OS/c16-17-5-2-8(3-6-17)15-11-10-9(1-4-12-10)13-7-14-11/h1-7,12,16H,(H,13,14,15). The van der Waals surface area contributed by atoms with E-state index in [1.165, 1.54) is 6.33 Å². The molecular formula is C11H10N4OS. The molecular weight excluding hydrogens is 236 g/mol. The van der Waals surface area contributed by atoms with E-state index in [0.717, 1.165) is 22.5 Å². The highest BCUT2D eigenvalue weighted by molar-refractivity contribution is 8.12. The van der Waals surface area contributed by atoms with Crippen molar-refractivity contribution in [2.24, 2.45) is 0 Å². The average Bonchev–Trinajstić information content (AvgIpc) is 2.81. The van der Waals surface area contributed by atoms with Crippen molar-refractivity contribution < 1.29 is 4.55 Å². The van der Waals surface area contributed by atoms with Gasteiger partial charge >= 0.3 is 0 Å². The predicted molar refractivity (Wildman–Crippen MR) is 71.0 cm³/mol. The summed E-state index contributed by atoms with van der Waals surface area (Å²) in [5.74, 6) is 0.726. The normalized spacial score (nSPS) is 18.9. The van der Waals surface area contributed by atoms with E-state index < -0.39 is 10.8 Å². The molecule has 2 aromatic heterocycles. The number of hydrogen-bond donors (Lipinski definition) is 3. The van der Waals surface area contributed by atoms with Gasteiger partial charge in [0.1, 0.15) is 11.8 Å². The Balaban J connectivity index is 1.96. The van der Waals surface area contributed by atoms with Gasteiger partial charge < -0.3 is 14.9 Å². The summed E-state index contributed by atoms with van der Waals surface area (Å²) in [4.78, 5) is 11.4. The van der Waals surface area contributed by atoms with E-state index in [0.29, 0.717) is 0 Å². The summed E-state index contributed by atoms with van der Waals surface area (Å²) in [7, 11) is -0.751. The van der Waals surface area contributed by atoms with E-state index >= 15 is 0 Å². The molecule has 0 fully saturated rings. The van der Waals surface area contributed by atoms with Crippen molar-refractivity contribution in [3.8, 4) is 0 Å². The monoisotopic (exact) mass is 246 g/mol. The van der Waals surface area contributed by atoms with Crippen LogP contribution in [0, 0.1) is 0 Å². The predicted octanol–water partition coefficient (Wildman–Crippen LogP) is 2.33. The Kier molecular flexibility index (Phi) is 2.50. The molecule has 3 N–H and O–H groups in total. The lowest BCUT2D eigenvalue weighted by atomic mass is 10.3. The van der Waals surface area contributed by atoms with E-state index in [4.69, 9.17) is 0 Å². The third-order valence-corrected chi connectivity index (χ3v) is 3.21. The Morgan fingerprint density at radius 3 is 3.12 bits per heavy atom. The number of aromatic nitrogens is 3.